The van der Waals surface area contributed by atoms with E-state index in [0.717, 1.165) is 5.56 Å². The Morgan fingerprint density at radius 2 is 2.14 bits per heavy atom. The first-order chi connectivity index (χ1) is 6.68. The van der Waals surface area contributed by atoms with Crippen molar-refractivity contribution in [3.05, 3.63) is 46.0 Å². The quantitative estimate of drug-likeness (QED) is 0.325. The molecule has 0 radical (unpaired) electrons. The van der Waals surface area contributed by atoms with E-state index >= 15 is 0 Å². The Balaban J connectivity index is 2.34. The monoisotopic (exact) mass is 195 g/mol. The van der Waals surface area contributed by atoms with Gasteiger partial charge in [-0.3, -0.25) is 0 Å². The topological polar surface area (TPSA) is 88.2 Å². The van der Waals surface area contributed by atoms with Crippen LogP contribution in [-0.4, -0.2) is 11.1 Å². The lowest BCUT2D eigenvalue weighted by Gasteiger charge is -2.03. The van der Waals surface area contributed by atoms with Gasteiger partial charge < -0.3 is 4.74 Å². The molecule has 0 aliphatic heterocycles. The Bertz CT molecular complexity index is 326. The van der Waals surface area contributed by atoms with Crippen LogP contribution in [-0.2, 0) is 11.3 Å². The van der Waals surface area contributed by atoms with Crippen molar-refractivity contribution < 1.29 is 9.77 Å². The number of nitrogens with zero attached hydrogens (tertiary/aromatic N) is 1. The normalized spacial score (nSPS) is 9.14. The van der Waals surface area contributed by atoms with Crippen LogP contribution in [0.5, 0.6) is 0 Å². The van der Waals surface area contributed by atoms with Crippen LogP contribution in [0.25, 0.3) is 0 Å². The second-order valence-electron chi connectivity index (χ2n) is 2.47. The summed E-state index contributed by atoms with van der Waals surface area (Å²) in [6, 6.07) is 8.54. The van der Waals surface area contributed by atoms with E-state index in [4.69, 9.17) is 10.1 Å². The van der Waals surface area contributed by atoms with Crippen molar-refractivity contribution in [1.29, 1.82) is 5.41 Å². The molecule has 0 amide bonds. The molecule has 0 aromatic heterocycles. The second-order valence-corrected chi connectivity index (χ2v) is 2.47. The summed E-state index contributed by atoms with van der Waals surface area (Å²) in [5, 5.41) is 16.0. The van der Waals surface area contributed by atoms with E-state index < -0.39 is 11.1 Å². The molecule has 0 aliphatic carbocycles. The summed E-state index contributed by atoms with van der Waals surface area (Å²) in [5.74, 6) is 0. The lowest BCUT2D eigenvalue weighted by Crippen LogP contribution is -2.30. The number of rotatable bonds is 3. The first-order valence-electron chi connectivity index (χ1n) is 3.85. The van der Waals surface area contributed by atoms with Crippen molar-refractivity contribution in [2.75, 3.05) is 0 Å². The smallest absolute Gasteiger partial charge is 0.342 e. The maximum Gasteiger partial charge on any atom is 0.342 e. The highest BCUT2D eigenvalue weighted by molar-refractivity contribution is 5.68. The van der Waals surface area contributed by atoms with Gasteiger partial charge in [-0.15, -0.1) is 0 Å². The minimum atomic E-state index is -0.840. The van der Waals surface area contributed by atoms with Crippen molar-refractivity contribution >= 4 is 6.02 Å². The number of hydrazine groups is 1. The van der Waals surface area contributed by atoms with Gasteiger partial charge in [0.05, 0.1) is 0 Å². The van der Waals surface area contributed by atoms with Crippen LogP contribution in [0.1, 0.15) is 5.56 Å². The Labute approximate surface area is 80.1 Å². The number of hydrogen-bond donors (Lipinski definition) is 2. The summed E-state index contributed by atoms with van der Waals surface area (Å²) >= 11 is 0. The molecule has 6 heteroatoms. The fraction of sp³-hybridized carbons (Fsp3) is 0.125. The molecular formula is C8H9N3O3. The SMILES string of the molecule is N=C(N[N+](=O)[O-])OCc1ccccc1. The molecule has 2 N–H and O–H groups in total. The summed E-state index contributed by atoms with van der Waals surface area (Å²) < 4.78 is 4.77. The molecular weight excluding hydrogens is 186 g/mol. The van der Waals surface area contributed by atoms with Crippen molar-refractivity contribution in [2.45, 2.75) is 6.61 Å². The zero-order valence-electron chi connectivity index (χ0n) is 7.27. The van der Waals surface area contributed by atoms with Crippen LogP contribution < -0.4 is 5.43 Å². The van der Waals surface area contributed by atoms with Crippen molar-refractivity contribution in [3.8, 4) is 0 Å². The maximum atomic E-state index is 9.89. The Kier molecular flexibility index (Phi) is 3.42. The van der Waals surface area contributed by atoms with Crippen LogP contribution >= 0.6 is 0 Å². The number of amidine groups is 1. The summed E-state index contributed by atoms with van der Waals surface area (Å²) in [6.45, 7) is 0.139. The number of nitrogens with one attached hydrogen (secondary N) is 2. The minimum absolute atomic E-state index is 0.139. The predicted molar refractivity (Wildman–Crippen MR) is 49.1 cm³/mol. The van der Waals surface area contributed by atoms with Gasteiger partial charge in [0.25, 0.3) is 0 Å². The average molecular weight is 195 g/mol. The number of ether oxygens (including phenoxy) is 1. The maximum absolute atomic E-state index is 9.89. The zero-order chi connectivity index (χ0) is 10.4. The first kappa shape index (κ1) is 9.97. The molecule has 0 fully saturated rings. The Morgan fingerprint density at radius 3 is 2.71 bits per heavy atom. The van der Waals surface area contributed by atoms with E-state index in [1.807, 2.05) is 18.2 Å². The Morgan fingerprint density at radius 1 is 1.50 bits per heavy atom. The van der Waals surface area contributed by atoms with Crippen LogP contribution in [0.2, 0.25) is 0 Å². The van der Waals surface area contributed by atoms with E-state index in [0.29, 0.717) is 0 Å². The number of hydrogen-bond acceptors (Lipinski definition) is 4. The highest BCUT2D eigenvalue weighted by atomic mass is 16.7. The molecule has 1 rings (SSSR count). The fourth-order valence-corrected chi connectivity index (χ4v) is 0.845. The summed E-state index contributed by atoms with van der Waals surface area (Å²) in [4.78, 5) is 9.89. The third-order valence-electron chi connectivity index (χ3n) is 1.42. The van der Waals surface area contributed by atoms with Crippen LogP contribution in [0, 0.1) is 15.5 Å². The molecule has 1 aromatic rings. The molecule has 6 nitrogen and oxygen atoms in total. The van der Waals surface area contributed by atoms with E-state index in [-0.39, 0.29) is 6.61 Å². The molecule has 74 valence electrons. The average Bonchev–Trinajstić information content (AvgIpc) is 2.15. The molecule has 14 heavy (non-hydrogen) atoms. The molecule has 0 heterocycles. The first-order valence-corrected chi connectivity index (χ1v) is 3.85. The lowest BCUT2D eigenvalue weighted by molar-refractivity contribution is -0.528. The lowest BCUT2D eigenvalue weighted by atomic mass is 10.2. The largest absolute Gasteiger partial charge is 0.457 e. The van der Waals surface area contributed by atoms with Crippen LogP contribution in [0.15, 0.2) is 30.3 Å². The predicted octanol–water partition coefficient (Wildman–Crippen LogP) is 0.919. The molecule has 0 atom stereocenters. The molecule has 0 bridgehead atoms. The van der Waals surface area contributed by atoms with Crippen LogP contribution in [0.3, 0.4) is 0 Å². The van der Waals surface area contributed by atoms with E-state index in [2.05, 4.69) is 0 Å². The van der Waals surface area contributed by atoms with Crippen molar-refractivity contribution in [3.63, 3.8) is 0 Å². The van der Waals surface area contributed by atoms with Crippen molar-refractivity contribution in [1.82, 2.24) is 5.43 Å². The minimum Gasteiger partial charge on any atom is -0.457 e. The van der Waals surface area contributed by atoms with Gasteiger partial charge in [0, 0.05) is 0 Å². The standard InChI is InChI=1S/C8H9N3O3/c9-8(10-11(12)13)14-6-7-4-2-1-3-5-7/h1-5H,6H2,(H2,9,10). The number of nitro groups is 1. The number of benzene rings is 1. The molecule has 0 saturated heterocycles. The summed E-state index contributed by atoms with van der Waals surface area (Å²) in [6.07, 6.45) is 0. The van der Waals surface area contributed by atoms with Gasteiger partial charge in [0.2, 0.25) is 0 Å². The van der Waals surface area contributed by atoms with Crippen molar-refractivity contribution in [2.24, 2.45) is 0 Å². The highest BCUT2D eigenvalue weighted by Gasteiger charge is 2.03. The summed E-state index contributed by atoms with van der Waals surface area (Å²) in [7, 11) is 0. The van der Waals surface area contributed by atoms with Crippen LogP contribution in [0.4, 0.5) is 0 Å². The molecule has 0 unspecified atom stereocenters. The van der Waals surface area contributed by atoms with E-state index in [1.165, 1.54) is 0 Å². The van der Waals surface area contributed by atoms with E-state index in [1.54, 1.807) is 17.6 Å². The third kappa shape index (κ3) is 3.53. The second kappa shape index (κ2) is 4.80. The van der Waals surface area contributed by atoms with Gasteiger partial charge in [-0.1, -0.05) is 35.8 Å². The summed E-state index contributed by atoms with van der Waals surface area (Å²) in [5.41, 5.74) is 2.45. The molecule has 0 spiro atoms. The Hall–Kier alpha value is -2.11. The van der Waals surface area contributed by atoms with Gasteiger partial charge in [0.15, 0.2) is 5.03 Å². The van der Waals surface area contributed by atoms with Gasteiger partial charge in [-0.05, 0) is 5.56 Å². The highest BCUT2D eigenvalue weighted by Crippen LogP contribution is 1.99. The van der Waals surface area contributed by atoms with Gasteiger partial charge in [-0.25, -0.2) is 15.5 Å². The molecule has 1 aromatic carbocycles. The van der Waals surface area contributed by atoms with Gasteiger partial charge in [0.1, 0.15) is 6.61 Å². The van der Waals surface area contributed by atoms with Gasteiger partial charge in [-0.2, -0.15) is 0 Å². The fourth-order valence-electron chi connectivity index (χ4n) is 0.845. The van der Waals surface area contributed by atoms with Gasteiger partial charge >= 0.3 is 6.02 Å². The molecule has 0 saturated carbocycles. The molecule has 0 aliphatic rings. The van der Waals surface area contributed by atoms with E-state index in [9.17, 15) is 10.1 Å². The third-order valence-corrected chi connectivity index (χ3v) is 1.42. The zero-order valence-corrected chi connectivity index (χ0v) is 7.27.